The Bertz CT molecular complexity index is 3020. The first-order valence-electron chi connectivity index (χ1n) is 19.0. The van der Waals surface area contributed by atoms with E-state index in [1.165, 1.54) is 65.3 Å². The van der Waals surface area contributed by atoms with Crippen molar-refractivity contribution in [3.05, 3.63) is 204 Å². The Morgan fingerprint density at radius 3 is 0.804 bits per heavy atom. The van der Waals surface area contributed by atoms with Gasteiger partial charge in [-0.1, -0.05) is 193 Å². The van der Waals surface area contributed by atoms with Crippen LogP contribution in [0.2, 0.25) is 10.0 Å². The molecule has 0 nitrogen and oxygen atoms in total. The molecule has 11 aromatic carbocycles. The lowest BCUT2D eigenvalue weighted by Crippen LogP contribution is -1.92. The summed E-state index contributed by atoms with van der Waals surface area (Å²) in [4.78, 5) is 0. The van der Waals surface area contributed by atoms with E-state index in [-0.39, 0.29) is 0 Å². The monoisotopic (exact) mass is 750 g/mol. The fourth-order valence-corrected chi connectivity index (χ4v) is 9.67. The van der Waals surface area contributed by atoms with E-state index in [0.717, 1.165) is 43.8 Å². The highest BCUT2D eigenvalue weighted by Gasteiger charge is 2.21. The van der Waals surface area contributed by atoms with Crippen LogP contribution < -0.4 is 0 Å². The molecule has 2 heteroatoms. The molecule has 0 aliphatic heterocycles. The number of fused-ring (bicyclic) bond motifs is 7. The maximum absolute atomic E-state index is 7.43. The van der Waals surface area contributed by atoms with E-state index in [9.17, 15) is 0 Å². The second-order valence-electron chi connectivity index (χ2n) is 14.6. The first-order chi connectivity index (χ1) is 27.6. The minimum Gasteiger partial charge on any atom is -0.0836 e. The van der Waals surface area contributed by atoms with Crippen LogP contribution in [0.3, 0.4) is 0 Å². The van der Waals surface area contributed by atoms with Crippen LogP contribution in [0.1, 0.15) is 0 Å². The lowest BCUT2D eigenvalue weighted by Gasteiger charge is -2.20. The van der Waals surface area contributed by atoms with E-state index in [1.54, 1.807) is 0 Å². The highest BCUT2D eigenvalue weighted by atomic mass is 35.5. The number of halogens is 2. The summed E-state index contributed by atoms with van der Waals surface area (Å²) in [5, 5.41) is 15.3. The Kier molecular flexibility index (Phi) is 7.71. The highest BCUT2D eigenvalue weighted by molar-refractivity contribution is 6.38. The quantitative estimate of drug-likeness (QED) is 0.124. The highest BCUT2D eigenvalue weighted by Crippen LogP contribution is 2.49. The smallest absolute Gasteiger partial charge is 0.0491 e. The van der Waals surface area contributed by atoms with E-state index in [1.807, 2.05) is 0 Å². The van der Waals surface area contributed by atoms with Crippen LogP contribution in [0.25, 0.3) is 109 Å². The summed E-state index contributed by atoms with van der Waals surface area (Å²) in [7, 11) is 0. The molecule has 0 heterocycles. The average Bonchev–Trinajstić information content (AvgIpc) is 3.25. The van der Waals surface area contributed by atoms with Gasteiger partial charge in [-0.25, -0.2) is 0 Å². The number of benzene rings is 11. The molecule has 0 spiro atoms. The van der Waals surface area contributed by atoms with Gasteiger partial charge < -0.3 is 0 Å². The molecule has 0 bridgehead atoms. The molecule has 0 radical (unpaired) electrons. The largest absolute Gasteiger partial charge is 0.0836 e. The molecule has 0 saturated heterocycles. The lowest BCUT2D eigenvalue weighted by molar-refractivity contribution is 1.66. The van der Waals surface area contributed by atoms with E-state index in [0.29, 0.717) is 10.0 Å². The molecule has 0 amide bonds. The van der Waals surface area contributed by atoms with Crippen LogP contribution in [-0.4, -0.2) is 0 Å². The van der Waals surface area contributed by atoms with Gasteiger partial charge in [0.1, 0.15) is 0 Å². The third kappa shape index (κ3) is 5.07. The van der Waals surface area contributed by atoms with Gasteiger partial charge in [0, 0.05) is 21.2 Å². The van der Waals surface area contributed by atoms with Crippen LogP contribution in [0.5, 0.6) is 0 Å². The van der Waals surface area contributed by atoms with Gasteiger partial charge in [0.15, 0.2) is 0 Å². The van der Waals surface area contributed by atoms with Crippen molar-refractivity contribution < 1.29 is 0 Å². The maximum atomic E-state index is 7.43. The molecule has 0 aromatic heterocycles. The fourth-order valence-electron chi connectivity index (χ4n) is 9.15. The van der Waals surface area contributed by atoms with Gasteiger partial charge in [0.2, 0.25) is 0 Å². The zero-order valence-corrected chi connectivity index (χ0v) is 31.7. The topological polar surface area (TPSA) is 0 Å². The van der Waals surface area contributed by atoms with Crippen molar-refractivity contribution in [2.75, 3.05) is 0 Å². The maximum Gasteiger partial charge on any atom is 0.0491 e. The molecule has 0 unspecified atom stereocenters. The normalized spacial score (nSPS) is 11.8. The summed E-state index contributed by atoms with van der Waals surface area (Å²) in [6.07, 6.45) is 0. The van der Waals surface area contributed by atoms with Gasteiger partial charge in [0.05, 0.1) is 0 Å². The molecule has 0 fully saturated rings. The van der Waals surface area contributed by atoms with Crippen LogP contribution in [0, 0.1) is 0 Å². The molecule has 0 saturated carbocycles. The third-order valence-electron chi connectivity index (χ3n) is 11.5. The first kappa shape index (κ1) is 32.9. The second-order valence-corrected chi connectivity index (χ2v) is 15.4. The molecule has 262 valence electrons. The van der Waals surface area contributed by atoms with Crippen molar-refractivity contribution in [2.24, 2.45) is 0 Å². The van der Waals surface area contributed by atoms with Crippen molar-refractivity contribution in [2.45, 2.75) is 0 Å². The predicted molar refractivity (Wildman–Crippen MR) is 243 cm³/mol. The van der Waals surface area contributed by atoms with Crippen LogP contribution in [-0.2, 0) is 0 Å². The van der Waals surface area contributed by atoms with Crippen molar-refractivity contribution in [1.82, 2.24) is 0 Å². The Balaban J connectivity index is 1.13. The van der Waals surface area contributed by atoms with Crippen molar-refractivity contribution in [3.8, 4) is 44.5 Å². The van der Waals surface area contributed by atoms with E-state index in [2.05, 4.69) is 194 Å². The van der Waals surface area contributed by atoms with Crippen LogP contribution in [0.4, 0.5) is 0 Å². The number of hydrogen-bond donors (Lipinski definition) is 0. The molecule has 0 aliphatic carbocycles. The Morgan fingerprint density at radius 2 is 0.500 bits per heavy atom. The van der Waals surface area contributed by atoms with E-state index < -0.39 is 0 Å². The first-order valence-corrected chi connectivity index (χ1v) is 19.7. The lowest BCUT2D eigenvalue weighted by atomic mass is 9.84. The zero-order chi connectivity index (χ0) is 37.3. The average molecular weight is 752 g/mol. The standard InChI is InChI=1S/C54H32Cl2/c55-49-31-45-35(29-47(49)53-41-23-11-7-19-37(41)51(33-15-3-1-4-16-33)38-20-8-12-24-42(38)53)27-28-36-30-48(50(56)32-46(36)45)54-43-25-13-9-21-39(43)52(34-17-5-2-6-18-34)40-22-10-14-26-44(40)54/h1-32H. The molecule has 56 heavy (non-hydrogen) atoms. The number of rotatable bonds is 4. The van der Waals surface area contributed by atoms with Gasteiger partial charge >= 0.3 is 0 Å². The van der Waals surface area contributed by atoms with Crippen molar-refractivity contribution >= 4 is 87.8 Å². The molecular formula is C54H32Cl2. The van der Waals surface area contributed by atoms with Gasteiger partial charge in [0.25, 0.3) is 0 Å². The molecule has 0 atom stereocenters. The molecular weight excluding hydrogens is 719 g/mol. The molecule has 0 aliphatic rings. The Morgan fingerprint density at radius 1 is 0.232 bits per heavy atom. The number of hydrogen-bond acceptors (Lipinski definition) is 0. The minimum absolute atomic E-state index is 0.710. The van der Waals surface area contributed by atoms with Gasteiger partial charge in [-0.05, 0) is 122 Å². The van der Waals surface area contributed by atoms with Crippen LogP contribution >= 0.6 is 23.2 Å². The second kappa shape index (κ2) is 13.1. The molecule has 11 aromatic rings. The SMILES string of the molecule is Clc1cc2c(ccc3cc(-c4c5ccccc5c(-c5ccccc5)c5ccccc45)c(Cl)cc32)cc1-c1c2ccccc2c(-c2ccccc2)c2ccccc12. The predicted octanol–water partition coefficient (Wildman–Crippen LogP) is 16.6. The summed E-state index contributed by atoms with van der Waals surface area (Å²) >= 11 is 14.9. The fraction of sp³-hybridized carbons (Fsp3) is 0. The van der Waals surface area contributed by atoms with Gasteiger partial charge in [-0.15, -0.1) is 0 Å². The summed E-state index contributed by atoms with van der Waals surface area (Å²) in [5.74, 6) is 0. The van der Waals surface area contributed by atoms with E-state index in [4.69, 9.17) is 23.2 Å². The summed E-state index contributed by atoms with van der Waals surface area (Å²) in [6, 6.07) is 69.5. The van der Waals surface area contributed by atoms with Crippen molar-refractivity contribution in [1.29, 1.82) is 0 Å². The summed E-state index contributed by atoms with van der Waals surface area (Å²) in [5.41, 5.74) is 9.21. The minimum atomic E-state index is 0.710. The third-order valence-corrected chi connectivity index (χ3v) is 12.2. The van der Waals surface area contributed by atoms with Crippen molar-refractivity contribution in [3.63, 3.8) is 0 Å². The molecule has 0 N–H and O–H groups in total. The summed E-state index contributed by atoms with van der Waals surface area (Å²) < 4.78 is 0. The van der Waals surface area contributed by atoms with Gasteiger partial charge in [-0.2, -0.15) is 0 Å². The zero-order valence-electron chi connectivity index (χ0n) is 30.2. The Hall–Kier alpha value is -6.44. The van der Waals surface area contributed by atoms with Crippen LogP contribution in [0.15, 0.2) is 194 Å². The Labute approximate surface area is 334 Å². The van der Waals surface area contributed by atoms with Gasteiger partial charge in [-0.3, -0.25) is 0 Å². The summed E-state index contributed by atoms with van der Waals surface area (Å²) in [6.45, 7) is 0. The molecule has 11 rings (SSSR count). The van der Waals surface area contributed by atoms with E-state index >= 15 is 0 Å².